The lowest BCUT2D eigenvalue weighted by Crippen LogP contribution is -2.32. The molecule has 0 aliphatic carbocycles. The molecular weight excluding hydrogens is 633 g/mol. The third-order valence-corrected chi connectivity index (χ3v) is 10.8. The lowest BCUT2D eigenvalue weighted by molar-refractivity contribution is 0.471. The molecule has 0 bridgehead atoms. The molecule has 0 fully saturated rings. The smallest absolute Gasteiger partial charge is 0.153 e. The zero-order chi connectivity index (χ0) is 34.8. The first-order valence-corrected chi connectivity index (χ1v) is 17.9. The van der Waals surface area contributed by atoms with Gasteiger partial charge < -0.3 is 14.5 Å². The number of hydrogen-bond donors (Lipinski definition) is 0. The van der Waals surface area contributed by atoms with Crippen molar-refractivity contribution in [3.05, 3.63) is 193 Å². The van der Waals surface area contributed by atoms with Crippen molar-refractivity contribution >= 4 is 44.9 Å². The van der Waals surface area contributed by atoms with Gasteiger partial charge in [-0.1, -0.05) is 147 Å². The molecule has 0 spiro atoms. The van der Waals surface area contributed by atoms with E-state index in [0.717, 1.165) is 51.1 Å². The lowest BCUT2D eigenvalue weighted by Gasteiger charge is -2.45. The number of anilines is 6. The van der Waals surface area contributed by atoms with Crippen LogP contribution >= 0.6 is 0 Å². The molecule has 2 heterocycles. The second-order valence-corrected chi connectivity index (χ2v) is 14.2. The molecule has 2 aliphatic heterocycles. The molecule has 0 N–H and O–H groups in total. The summed E-state index contributed by atoms with van der Waals surface area (Å²) >= 11 is 0. The van der Waals surface area contributed by atoms with E-state index < -0.39 is 0 Å². The van der Waals surface area contributed by atoms with Crippen LogP contribution in [0.3, 0.4) is 0 Å². The molecule has 248 valence electrons. The molecule has 52 heavy (non-hydrogen) atoms. The minimum Gasteiger partial charge on any atom is -0.453 e. The van der Waals surface area contributed by atoms with E-state index in [1.54, 1.807) is 0 Å². The normalized spacial score (nSPS) is 13.5. The Morgan fingerprint density at radius 2 is 1.15 bits per heavy atom. The number of fused-ring (bicyclic) bond motifs is 5. The van der Waals surface area contributed by atoms with Crippen LogP contribution in [-0.2, 0) is 5.41 Å². The van der Waals surface area contributed by atoms with E-state index in [4.69, 9.17) is 4.74 Å². The number of nitrogens with zero attached hydrogens (tertiary/aromatic N) is 2. The van der Waals surface area contributed by atoms with Crippen molar-refractivity contribution < 1.29 is 4.74 Å². The van der Waals surface area contributed by atoms with Gasteiger partial charge in [-0.3, -0.25) is 0 Å². The quantitative estimate of drug-likeness (QED) is 0.182. The van der Waals surface area contributed by atoms with Crippen LogP contribution < -0.4 is 14.5 Å². The molecule has 0 aromatic heterocycles. The Morgan fingerprint density at radius 1 is 0.481 bits per heavy atom. The number of hydrogen-bond acceptors (Lipinski definition) is 3. The zero-order valence-corrected chi connectivity index (χ0v) is 29.1. The highest BCUT2D eigenvalue weighted by Crippen LogP contribution is 2.61. The first kappa shape index (κ1) is 30.3. The molecule has 2 aliphatic rings. The van der Waals surface area contributed by atoms with E-state index >= 15 is 0 Å². The van der Waals surface area contributed by atoms with Crippen LogP contribution in [0.1, 0.15) is 25.0 Å². The first-order chi connectivity index (χ1) is 25.6. The van der Waals surface area contributed by atoms with Crippen LogP contribution in [0.2, 0.25) is 0 Å². The molecule has 3 heteroatoms. The predicted molar refractivity (Wildman–Crippen MR) is 216 cm³/mol. The van der Waals surface area contributed by atoms with Crippen LogP contribution in [-0.4, -0.2) is 0 Å². The Balaban J connectivity index is 1.21. The average Bonchev–Trinajstić information content (AvgIpc) is 3.20. The highest BCUT2D eigenvalue weighted by atomic mass is 16.5. The van der Waals surface area contributed by atoms with Crippen LogP contribution in [0.4, 0.5) is 34.1 Å². The fourth-order valence-electron chi connectivity index (χ4n) is 8.27. The highest BCUT2D eigenvalue weighted by Gasteiger charge is 2.42. The van der Waals surface area contributed by atoms with E-state index in [9.17, 15) is 0 Å². The van der Waals surface area contributed by atoms with Gasteiger partial charge in [-0.05, 0) is 75.7 Å². The van der Waals surface area contributed by atoms with Gasteiger partial charge in [-0.15, -0.1) is 0 Å². The number of ether oxygens (including phenoxy) is 1. The van der Waals surface area contributed by atoms with Gasteiger partial charge in [0.05, 0.1) is 34.1 Å². The summed E-state index contributed by atoms with van der Waals surface area (Å²) in [5.74, 6) is 1.68. The molecule has 3 nitrogen and oxygen atoms in total. The van der Waals surface area contributed by atoms with E-state index in [0.29, 0.717) is 0 Å². The predicted octanol–water partition coefficient (Wildman–Crippen LogP) is 13.9. The van der Waals surface area contributed by atoms with Crippen LogP contribution in [0.5, 0.6) is 11.5 Å². The van der Waals surface area contributed by atoms with E-state index in [2.05, 4.69) is 206 Å². The minimum absolute atomic E-state index is 0.227. The van der Waals surface area contributed by atoms with Crippen molar-refractivity contribution in [1.29, 1.82) is 0 Å². The Labute approximate surface area is 304 Å². The summed E-state index contributed by atoms with van der Waals surface area (Å²) in [4.78, 5) is 4.81. The minimum atomic E-state index is -0.227. The van der Waals surface area contributed by atoms with Gasteiger partial charge in [0, 0.05) is 22.4 Å². The van der Waals surface area contributed by atoms with Crippen molar-refractivity contribution in [3.63, 3.8) is 0 Å². The van der Waals surface area contributed by atoms with Gasteiger partial charge in [-0.2, -0.15) is 0 Å². The molecular formula is C49H36N2O. The molecule has 0 saturated heterocycles. The molecule has 0 radical (unpaired) electrons. The summed E-state index contributed by atoms with van der Waals surface area (Å²) in [6.45, 7) is 4.66. The second kappa shape index (κ2) is 11.8. The summed E-state index contributed by atoms with van der Waals surface area (Å²) in [7, 11) is 0. The SMILES string of the molecule is CC1(C)c2ccccc2N2c3ccc(N(c4ccccc4-c4ccccc4)c4cccc5ccccc45)cc3Oc3cc(-c4ccccc4)cc1c32. The number of rotatable bonds is 5. The van der Waals surface area contributed by atoms with Crippen molar-refractivity contribution in [2.24, 2.45) is 0 Å². The van der Waals surface area contributed by atoms with Gasteiger partial charge in [0.1, 0.15) is 0 Å². The summed E-state index contributed by atoms with van der Waals surface area (Å²) < 4.78 is 7.09. The third kappa shape index (κ3) is 4.66. The maximum atomic E-state index is 7.09. The Hall–Kier alpha value is -6.58. The highest BCUT2D eigenvalue weighted by molar-refractivity contribution is 6.02. The Kier molecular flexibility index (Phi) is 6.84. The molecule has 10 rings (SSSR count). The van der Waals surface area contributed by atoms with Crippen LogP contribution in [0.25, 0.3) is 33.0 Å². The largest absolute Gasteiger partial charge is 0.453 e. The van der Waals surface area contributed by atoms with Gasteiger partial charge in [0.25, 0.3) is 0 Å². The van der Waals surface area contributed by atoms with Crippen LogP contribution in [0.15, 0.2) is 182 Å². The summed E-state index contributed by atoms with van der Waals surface area (Å²) in [5.41, 5.74) is 13.5. The average molecular weight is 669 g/mol. The molecule has 0 saturated carbocycles. The van der Waals surface area contributed by atoms with Crippen molar-refractivity contribution in [2.45, 2.75) is 19.3 Å². The Morgan fingerprint density at radius 3 is 2.00 bits per heavy atom. The second-order valence-electron chi connectivity index (χ2n) is 14.2. The van der Waals surface area contributed by atoms with E-state index in [1.165, 1.54) is 38.7 Å². The lowest BCUT2D eigenvalue weighted by atomic mass is 9.72. The van der Waals surface area contributed by atoms with Crippen molar-refractivity contribution in [3.8, 4) is 33.8 Å². The Bertz CT molecular complexity index is 2640. The molecule has 0 amide bonds. The van der Waals surface area contributed by atoms with Crippen molar-refractivity contribution in [2.75, 3.05) is 9.80 Å². The molecule has 8 aromatic carbocycles. The molecule has 8 aromatic rings. The maximum Gasteiger partial charge on any atom is 0.153 e. The number of benzene rings is 8. The standard InChI is InChI=1S/C49H36N2O/c1-49(2)40-24-12-14-26-44(40)51-45-29-28-37(32-46(45)52-47-31-36(30-41(49)48(47)51)33-16-5-3-6-17-33)50(43-27-15-21-35-20-9-10-22-39(35)43)42-25-13-11-23-38(42)34-18-7-4-8-19-34/h3-32H,1-2H3. The van der Waals surface area contributed by atoms with Crippen LogP contribution in [0, 0.1) is 0 Å². The molecule has 0 atom stereocenters. The summed E-state index contributed by atoms with van der Waals surface area (Å²) in [6.07, 6.45) is 0. The summed E-state index contributed by atoms with van der Waals surface area (Å²) in [5, 5.41) is 2.38. The monoisotopic (exact) mass is 668 g/mol. The van der Waals surface area contributed by atoms with Gasteiger partial charge in [0.15, 0.2) is 11.5 Å². The van der Waals surface area contributed by atoms with E-state index in [1.807, 2.05) is 0 Å². The number of para-hydroxylation sites is 2. The van der Waals surface area contributed by atoms with Gasteiger partial charge in [0.2, 0.25) is 0 Å². The topological polar surface area (TPSA) is 15.7 Å². The van der Waals surface area contributed by atoms with E-state index in [-0.39, 0.29) is 5.41 Å². The zero-order valence-electron chi connectivity index (χ0n) is 29.1. The maximum absolute atomic E-state index is 7.09. The van der Waals surface area contributed by atoms with Gasteiger partial charge in [-0.25, -0.2) is 0 Å². The third-order valence-electron chi connectivity index (χ3n) is 10.8. The fourth-order valence-corrected chi connectivity index (χ4v) is 8.27. The fraction of sp³-hybridized carbons (Fsp3) is 0.0612. The van der Waals surface area contributed by atoms with Crippen molar-refractivity contribution in [1.82, 2.24) is 0 Å². The first-order valence-electron chi connectivity index (χ1n) is 17.9. The van der Waals surface area contributed by atoms with Gasteiger partial charge >= 0.3 is 0 Å². The summed E-state index contributed by atoms with van der Waals surface area (Å²) in [6, 6.07) is 65.3. The molecule has 0 unspecified atom stereocenters.